The summed E-state index contributed by atoms with van der Waals surface area (Å²) >= 11 is 0. The average Bonchev–Trinajstić information content (AvgIpc) is 2.69. The van der Waals surface area contributed by atoms with Crippen LogP contribution in [0.1, 0.15) is 18.1 Å². The van der Waals surface area contributed by atoms with Gasteiger partial charge >= 0.3 is 0 Å². The third kappa shape index (κ3) is 6.03. The van der Waals surface area contributed by atoms with Gasteiger partial charge in [0.05, 0.1) is 11.9 Å². The van der Waals surface area contributed by atoms with Crippen molar-refractivity contribution in [2.24, 2.45) is 0 Å². The fourth-order valence-corrected chi connectivity index (χ4v) is 3.82. The molecular weight excluding hydrogens is 409 g/mol. The first-order chi connectivity index (χ1) is 14.0. The smallest absolute Gasteiger partial charge is 0.244 e. The Morgan fingerprint density at radius 1 is 1.13 bits per heavy atom. The third-order valence-corrected chi connectivity index (χ3v) is 5.79. The molecule has 1 atom stereocenters. The first kappa shape index (κ1) is 23.3. The first-order valence-electron chi connectivity index (χ1n) is 9.33. The molecule has 2 rings (SSSR count). The van der Waals surface area contributed by atoms with E-state index < -0.39 is 40.2 Å². The van der Waals surface area contributed by atoms with Gasteiger partial charge in [-0.25, -0.2) is 12.8 Å². The molecule has 162 valence electrons. The molecule has 0 aliphatic rings. The van der Waals surface area contributed by atoms with Crippen LogP contribution in [0.3, 0.4) is 0 Å². The summed E-state index contributed by atoms with van der Waals surface area (Å²) in [6.07, 6.45) is 1.02. The Morgan fingerprint density at radius 2 is 1.77 bits per heavy atom. The average molecular weight is 436 g/mol. The summed E-state index contributed by atoms with van der Waals surface area (Å²) in [5.41, 5.74) is 1.82. The number of amides is 2. The number of rotatable bonds is 8. The van der Waals surface area contributed by atoms with Gasteiger partial charge in [-0.1, -0.05) is 24.3 Å². The molecule has 2 amide bonds. The van der Waals surface area contributed by atoms with E-state index in [4.69, 9.17) is 0 Å². The minimum Gasteiger partial charge on any atom is -0.357 e. The van der Waals surface area contributed by atoms with Crippen LogP contribution in [0.25, 0.3) is 0 Å². The summed E-state index contributed by atoms with van der Waals surface area (Å²) in [7, 11) is -2.30. The number of nitrogens with zero attached hydrogens (tertiary/aromatic N) is 2. The fourth-order valence-electron chi connectivity index (χ4n) is 2.97. The van der Waals surface area contributed by atoms with E-state index in [2.05, 4.69) is 5.32 Å². The van der Waals surface area contributed by atoms with Crippen molar-refractivity contribution in [1.82, 2.24) is 10.2 Å². The van der Waals surface area contributed by atoms with Crippen molar-refractivity contribution in [3.8, 4) is 0 Å². The van der Waals surface area contributed by atoms with E-state index in [0.29, 0.717) is 11.3 Å². The number of hydrogen-bond acceptors (Lipinski definition) is 4. The maximum absolute atomic E-state index is 13.2. The normalized spacial score (nSPS) is 12.2. The standard InChI is InChI=1S/C21H26FN3O4S/c1-15-6-5-7-19(12-15)25(30(4,28)29)14-20(26)24(16(2)21(27)23-3)13-17-8-10-18(22)11-9-17/h5-12,16H,13-14H2,1-4H3,(H,23,27)/t16-/m0/s1. The molecule has 0 saturated carbocycles. The number of benzene rings is 2. The van der Waals surface area contributed by atoms with Crippen LogP contribution in [-0.4, -0.2) is 51.0 Å². The molecule has 0 radical (unpaired) electrons. The Hall–Kier alpha value is -2.94. The highest BCUT2D eigenvalue weighted by Gasteiger charge is 2.29. The number of carbonyl (C=O) groups is 2. The Balaban J connectivity index is 2.36. The Bertz CT molecular complexity index is 1010. The molecule has 0 unspecified atom stereocenters. The van der Waals surface area contributed by atoms with E-state index >= 15 is 0 Å². The van der Waals surface area contributed by atoms with Gasteiger partial charge in [-0.3, -0.25) is 13.9 Å². The highest BCUT2D eigenvalue weighted by Crippen LogP contribution is 2.20. The quantitative estimate of drug-likeness (QED) is 0.688. The zero-order chi connectivity index (χ0) is 22.5. The highest BCUT2D eigenvalue weighted by molar-refractivity contribution is 7.92. The molecule has 1 N–H and O–H groups in total. The van der Waals surface area contributed by atoms with Gasteiger partial charge in [-0.2, -0.15) is 0 Å². The molecule has 2 aromatic rings. The lowest BCUT2D eigenvalue weighted by Crippen LogP contribution is -2.50. The van der Waals surface area contributed by atoms with E-state index in [-0.39, 0.29) is 6.54 Å². The van der Waals surface area contributed by atoms with Gasteiger partial charge in [0.1, 0.15) is 18.4 Å². The van der Waals surface area contributed by atoms with Crippen molar-refractivity contribution in [2.45, 2.75) is 26.4 Å². The molecule has 0 fully saturated rings. The maximum atomic E-state index is 13.2. The predicted molar refractivity (Wildman–Crippen MR) is 114 cm³/mol. The van der Waals surface area contributed by atoms with Crippen LogP contribution in [0.15, 0.2) is 48.5 Å². The van der Waals surface area contributed by atoms with E-state index in [1.807, 2.05) is 13.0 Å². The predicted octanol–water partition coefficient (Wildman–Crippen LogP) is 2.06. The van der Waals surface area contributed by atoms with Crippen LogP contribution in [0, 0.1) is 12.7 Å². The second kappa shape index (κ2) is 9.71. The maximum Gasteiger partial charge on any atom is 0.244 e. The van der Waals surface area contributed by atoms with Gasteiger partial charge < -0.3 is 10.2 Å². The number of likely N-dealkylation sites (N-methyl/N-ethyl adjacent to an activating group) is 1. The molecule has 30 heavy (non-hydrogen) atoms. The Labute approximate surface area is 176 Å². The third-order valence-electron chi connectivity index (χ3n) is 4.65. The lowest BCUT2D eigenvalue weighted by molar-refractivity contribution is -0.139. The Morgan fingerprint density at radius 3 is 2.30 bits per heavy atom. The van der Waals surface area contributed by atoms with Gasteiger partial charge in [0.15, 0.2) is 0 Å². The zero-order valence-corrected chi connectivity index (χ0v) is 18.2. The minimum absolute atomic E-state index is 0.0269. The van der Waals surface area contributed by atoms with Crippen molar-refractivity contribution in [3.63, 3.8) is 0 Å². The number of sulfonamides is 1. The van der Waals surface area contributed by atoms with E-state index in [1.165, 1.54) is 36.2 Å². The molecule has 0 aliphatic heterocycles. The number of anilines is 1. The lowest BCUT2D eigenvalue weighted by Gasteiger charge is -2.31. The van der Waals surface area contributed by atoms with Crippen molar-refractivity contribution < 1.29 is 22.4 Å². The number of halogens is 1. The molecule has 2 aromatic carbocycles. The van der Waals surface area contributed by atoms with Crippen LogP contribution in [-0.2, 0) is 26.2 Å². The van der Waals surface area contributed by atoms with Gasteiger partial charge in [0.2, 0.25) is 21.8 Å². The molecule has 0 saturated heterocycles. The number of nitrogens with one attached hydrogen (secondary N) is 1. The topological polar surface area (TPSA) is 86.8 Å². The lowest BCUT2D eigenvalue weighted by atomic mass is 10.1. The van der Waals surface area contributed by atoms with E-state index in [9.17, 15) is 22.4 Å². The number of carbonyl (C=O) groups excluding carboxylic acids is 2. The van der Waals surface area contributed by atoms with Gasteiger partial charge in [-0.05, 0) is 49.2 Å². The summed E-state index contributed by atoms with van der Waals surface area (Å²) in [5, 5.41) is 2.49. The minimum atomic E-state index is -3.76. The highest BCUT2D eigenvalue weighted by atomic mass is 32.2. The molecule has 7 nitrogen and oxygen atoms in total. The fraction of sp³-hybridized carbons (Fsp3) is 0.333. The molecule has 0 bridgehead atoms. The van der Waals surface area contributed by atoms with Crippen LogP contribution < -0.4 is 9.62 Å². The van der Waals surface area contributed by atoms with Crippen LogP contribution in [0.5, 0.6) is 0 Å². The summed E-state index contributed by atoms with van der Waals surface area (Å²) in [5.74, 6) is -1.37. The number of hydrogen-bond donors (Lipinski definition) is 1. The Kier molecular flexibility index (Phi) is 7.55. The zero-order valence-electron chi connectivity index (χ0n) is 17.4. The summed E-state index contributed by atoms with van der Waals surface area (Å²) in [4.78, 5) is 26.6. The van der Waals surface area contributed by atoms with Crippen molar-refractivity contribution >= 4 is 27.5 Å². The summed E-state index contributed by atoms with van der Waals surface area (Å²) in [6, 6.07) is 11.5. The van der Waals surface area contributed by atoms with E-state index in [0.717, 1.165) is 16.1 Å². The monoisotopic (exact) mass is 435 g/mol. The SMILES string of the molecule is CNC(=O)[C@H](C)N(Cc1ccc(F)cc1)C(=O)CN(c1cccc(C)c1)S(C)(=O)=O. The molecule has 0 heterocycles. The van der Waals surface area contributed by atoms with Gasteiger partial charge in [-0.15, -0.1) is 0 Å². The number of aryl methyl sites for hydroxylation is 1. The van der Waals surface area contributed by atoms with Crippen LogP contribution >= 0.6 is 0 Å². The molecule has 0 aromatic heterocycles. The molecule has 9 heteroatoms. The second-order valence-corrected chi connectivity index (χ2v) is 8.95. The van der Waals surface area contributed by atoms with Crippen LogP contribution in [0.2, 0.25) is 0 Å². The van der Waals surface area contributed by atoms with Gasteiger partial charge in [0, 0.05) is 13.6 Å². The van der Waals surface area contributed by atoms with Crippen molar-refractivity contribution in [1.29, 1.82) is 0 Å². The van der Waals surface area contributed by atoms with E-state index in [1.54, 1.807) is 25.1 Å². The summed E-state index contributed by atoms with van der Waals surface area (Å²) < 4.78 is 39.0. The first-order valence-corrected chi connectivity index (χ1v) is 11.2. The molecule has 0 spiro atoms. The van der Waals surface area contributed by atoms with Crippen molar-refractivity contribution in [2.75, 3.05) is 24.2 Å². The molecular formula is C21H26FN3O4S. The van der Waals surface area contributed by atoms with Gasteiger partial charge in [0.25, 0.3) is 0 Å². The largest absolute Gasteiger partial charge is 0.357 e. The summed E-state index contributed by atoms with van der Waals surface area (Å²) in [6.45, 7) is 2.93. The van der Waals surface area contributed by atoms with Crippen LogP contribution in [0.4, 0.5) is 10.1 Å². The second-order valence-electron chi connectivity index (χ2n) is 7.05. The molecule has 0 aliphatic carbocycles. The van der Waals surface area contributed by atoms with Crippen molar-refractivity contribution in [3.05, 3.63) is 65.5 Å².